The van der Waals surface area contributed by atoms with Crippen molar-refractivity contribution in [3.63, 3.8) is 0 Å². The lowest BCUT2D eigenvalue weighted by atomic mass is 9.91. The molecule has 0 bridgehead atoms. The van der Waals surface area contributed by atoms with Gasteiger partial charge in [-0.05, 0) is 49.4 Å². The highest BCUT2D eigenvalue weighted by Gasteiger charge is 2.36. The van der Waals surface area contributed by atoms with E-state index in [9.17, 15) is 9.59 Å². The van der Waals surface area contributed by atoms with E-state index in [1.165, 1.54) is 19.3 Å². The molecule has 29 heavy (non-hydrogen) atoms. The van der Waals surface area contributed by atoms with Crippen LogP contribution >= 0.6 is 0 Å². The molecule has 0 atom stereocenters. The smallest absolute Gasteiger partial charge is 0.320 e. The van der Waals surface area contributed by atoms with Crippen LogP contribution in [0, 0.1) is 0 Å². The van der Waals surface area contributed by atoms with Gasteiger partial charge in [0.2, 0.25) is 0 Å². The number of likely N-dealkylation sites (tertiary alicyclic amines) is 1. The molecule has 3 aliphatic heterocycles. The Morgan fingerprint density at radius 1 is 1.03 bits per heavy atom. The number of nitrogens with zero attached hydrogens (tertiary/aromatic N) is 3. The van der Waals surface area contributed by atoms with Gasteiger partial charge >= 0.3 is 6.03 Å². The highest BCUT2D eigenvalue weighted by atomic mass is 16.5. The Labute approximate surface area is 172 Å². The van der Waals surface area contributed by atoms with E-state index in [2.05, 4.69) is 10.2 Å². The van der Waals surface area contributed by atoms with Crippen molar-refractivity contribution in [3.05, 3.63) is 29.3 Å². The fraction of sp³-hybridized carbons (Fsp3) is 0.636. The zero-order valence-corrected chi connectivity index (χ0v) is 16.9. The molecule has 1 aliphatic carbocycles. The molecule has 1 saturated carbocycles. The first-order valence-corrected chi connectivity index (χ1v) is 11.0. The van der Waals surface area contributed by atoms with Crippen LogP contribution in [0.1, 0.15) is 41.6 Å². The molecule has 7 nitrogen and oxygen atoms in total. The van der Waals surface area contributed by atoms with E-state index in [-0.39, 0.29) is 18.0 Å². The van der Waals surface area contributed by atoms with Gasteiger partial charge in [-0.25, -0.2) is 4.79 Å². The number of hydrogen-bond acceptors (Lipinski definition) is 4. The van der Waals surface area contributed by atoms with Crippen LogP contribution in [0.3, 0.4) is 0 Å². The Bertz CT molecular complexity index is 788. The standard InChI is InChI=1S/C22H30N4O3/c27-21-20-6-5-18(13-16(20)7-8-23-21)29-19-14-26(15-19)22(28)25-10-2-9-24(11-12-25)17-3-1-4-17/h5-6,13,17,19H,1-4,7-12,14-15H2,(H,23,27). The first-order valence-electron chi connectivity index (χ1n) is 11.0. The highest BCUT2D eigenvalue weighted by Crippen LogP contribution is 2.27. The maximum absolute atomic E-state index is 12.9. The average Bonchev–Trinajstić information content (AvgIpc) is 2.89. The van der Waals surface area contributed by atoms with E-state index in [1.54, 1.807) is 0 Å². The summed E-state index contributed by atoms with van der Waals surface area (Å²) in [5.74, 6) is 0.785. The summed E-state index contributed by atoms with van der Waals surface area (Å²) in [6, 6.07) is 6.59. The number of fused-ring (bicyclic) bond motifs is 1. The minimum absolute atomic E-state index is 0.00783. The van der Waals surface area contributed by atoms with Crippen LogP contribution in [0.5, 0.6) is 5.75 Å². The lowest BCUT2D eigenvalue weighted by Gasteiger charge is -2.41. The van der Waals surface area contributed by atoms with Crippen molar-refractivity contribution in [3.8, 4) is 5.75 Å². The third-order valence-electron chi connectivity index (χ3n) is 6.81. The molecule has 0 radical (unpaired) electrons. The van der Waals surface area contributed by atoms with Gasteiger partial charge in [0.15, 0.2) is 0 Å². The van der Waals surface area contributed by atoms with E-state index in [4.69, 9.17) is 4.74 Å². The second-order valence-electron chi connectivity index (χ2n) is 8.71. The van der Waals surface area contributed by atoms with Crippen LogP contribution in [0.25, 0.3) is 0 Å². The molecule has 4 aliphatic rings. The second kappa shape index (κ2) is 7.86. The Morgan fingerprint density at radius 2 is 1.90 bits per heavy atom. The number of carbonyl (C=O) groups is 2. The SMILES string of the molecule is O=C1NCCc2cc(OC3CN(C(=O)N4CCCN(C5CCC5)CC4)C3)ccc21. The predicted molar refractivity (Wildman–Crippen MR) is 109 cm³/mol. The number of urea groups is 1. The van der Waals surface area contributed by atoms with Gasteiger partial charge in [-0.3, -0.25) is 9.69 Å². The lowest BCUT2D eigenvalue weighted by Crippen LogP contribution is -2.60. The van der Waals surface area contributed by atoms with Gasteiger partial charge in [-0.15, -0.1) is 0 Å². The van der Waals surface area contributed by atoms with Crippen molar-refractivity contribution in [2.45, 2.75) is 44.2 Å². The first kappa shape index (κ1) is 18.7. The van der Waals surface area contributed by atoms with Crippen molar-refractivity contribution in [1.29, 1.82) is 0 Å². The third kappa shape index (κ3) is 3.80. The molecule has 5 rings (SSSR count). The number of nitrogens with one attached hydrogen (secondary N) is 1. The molecule has 1 aromatic carbocycles. The third-order valence-corrected chi connectivity index (χ3v) is 6.81. The summed E-state index contributed by atoms with van der Waals surface area (Å²) in [6.45, 7) is 5.78. The van der Waals surface area contributed by atoms with E-state index in [1.807, 2.05) is 28.0 Å². The second-order valence-corrected chi connectivity index (χ2v) is 8.71. The van der Waals surface area contributed by atoms with E-state index in [0.717, 1.165) is 61.9 Å². The lowest BCUT2D eigenvalue weighted by molar-refractivity contribution is 0.0308. The summed E-state index contributed by atoms with van der Waals surface area (Å²) >= 11 is 0. The Kier molecular flexibility index (Phi) is 5.08. The molecule has 0 unspecified atom stereocenters. The van der Waals surface area contributed by atoms with Gasteiger partial charge in [0.05, 0.1) is 13.1 Å². The van der Waals surface area contributed by atoms with Crippen LogP contribution in [0.15, 0.2) is 18.2 Å². The maximum atomic E-state index is 12.9. The van der Waals surface area contributed by atoms with E-state index >= 15 is 0 Å². The molecule has 0 aromatic heterocycles. The summed E-state index contributed by atoms with van der Waals surface area (Å²) in [6.07, 6.45) is 5.95. The van der Waals surface area contributed by atoms with E-state index in [0.29, 0.717) is 19.6 Å². The van der Waals surface area contributed by atoms with Gasteiger partial charge in [0, 0.05) is 44.3 Å². The van der Waals surface area contributed by atoms with Crippen molar-refractivity contribution in [2.75, 3.05) is 45.8 Å². The highest BCUT2D eigenvalue weighted by molar-refractivity contribution is 5.96. The molecule has 3 heterocycles. The quantitative estimate of drug-likeness (QED) is 0.842. The van der Waals surface area contributed by atoms with Gasteiger partial charge in [0.1, 0.15) is 11.9 Å². The van der Waals surface area contributed by atoms with Gasteiger partial charge in [0.25, 0.3) is 5.91 Å². The van der Waals surface area contributed by atoms with Gasteiger partial charge in [-0.1, -0.05) is 6.42 Å². The number of carbonyl (C=O) groups excluding carboxylic acids is 2. The monoisotopic (exact) mass is 398 g/mol. The van der Waals surface area contributed by atoms with E-state index < -0.39 is 0 Å². The van der Waals surface area contributed by atoms with Crippen LogP contribution in [0.4, 0.5) is 4.79 Å². The topological polar surface area (TPSA) is 65.1 Å². The fourth-order valence-electron chi connectivity index (χ4n) is 4.78. The van der Waals surface area contributed by atoms with Gasteiger partial charge in [-0.2, -0.15) is 0 Å². The maximum Gasteiger partial charge on any atom is 0.320 e. The molecular formula is C22H30N4O3. The normalized spacial score (nSPS) is 23.5. The average molecular weight is 399 g/mol. The molecule has 3 amide bonds. The zero-order chi connectivity index (χ0) is 19.8. The van der Waals surface area contributed by atoms with Crippen LogP contribution in [-0.4, -0.2) is 84.6 Å². The molecule has 3 fully saturated rings. The molecule has 7 heteroatoms. The number of ether oxygens (including phenoxy) is 1. The Balaban J connectivity index is 1.11. The van der Waals surface area contributed by atoms with Crippen LogP contribution < -0.4 is 10.1 Å². The molecule has 1 aromatic rings. The minimum Gasteiger partial charge on any atom is -0.487 e. The largest absolute Gasteiger partial charge is 0.487 e. The number of hydrogen-bond donors (Lipinski definition) is 1. The predicted octanol–water partition coefficient (Wildman–Crippen LogP) is 1.72. The van der Waals surface area contributed by atoms with Crippen LogP contribution in [0.2, 0.25) is 0 Å². The summed E-state index contributed by atoms with van der Waals surface area (Å²) in [5.41, 5.74) is 1.78. The van der Waals surface area contributed by atoms with Gasteiger partial charge < -0.3 is 19.9 Å². The first-order chi connectivity index (χ1) is 14.2. The summed E-state index contributed by atoms with van der Waals surface area (Å²) < 4.78 is 6.06. The fourth-order valence-corrected chi connectivity index (χ4v) is 4.78. The Hall–Kier alpha value is -2.28. The number of benzene rings is 1. The Morgan fingerprint density at radius 3 is 2.69 bits per heavy atom. The molecule has 1 N–H and O–H groups in total. The number of amides is 3. The zero-order valence-electron chi connectivity index (χ0n) is 16.9. The summed E-state index contributed by atoms with van der Waals surface area (Å²) in [7, 11) is 0. The van der Waals surface area contributed by atoms with Crippen molar-refractivity contribution in [2.24, 2.45) is 0 Å². The summed E-state index contributed by atoms with van der Waals surface area (Å²) in [5, 5.41) is 2.86. The van der Waals surface area contributed by atoms with Crippen molar-refractivity contribution < 1.29 is 14.3 Å². The number of rotatable bonds is 3. The molecular weight excluding hydrogens is 368 g/mol. The van der Waals surface area contributed by atoms with Crippen molar-refractivity contribution >= 4 is 11.9 Å². The summed E-state index contributed by atoms with van der Waals surface area (Å²) in [4.78, 5) is 31.2. The molecule has 2 saturated heterocycles. The van der Waals surface area contributed by atoms with Crippen molar-refractivity contribution in [1.82, 2.24) is 20.0 Å². The molecule has 156 valence electrons. The van der Waals surface area contributed by atoms with Crippen LogP contribution in [-0.2, 0) is 6.42 Å². The minimum atomic E-state index is -0.00783. The molecule has 0 spiro atoms.